The average molecular weight is 323 g/mol. The normalized spacial score (nSPS) is 18.1. The van der Waals surface area contributed by atoms with Gasteiger partial charge in [-0.1, -0.05) is 0 Å². The Kier molecular flexibility index (Phi) is 4.17. The number of aromatic nitrogens is 4. The summed E-state index contributed by atoms with van der Waals surface area (Å²) in [6, 6.07) is 0. The number of nitrogens with two attached hydrogens (primary N) is 1. The van der Waals surface area contributed by atoms with Gasteiger partial charge >= 0.3 is 0 Å². The van der Waals surface area contributed by atoms with Crippen molar-refractivity contribution in [1.82, 2.24) is 24.8 Å². The second-order valence-corrected chi connectivity index (χ2v) is 6.36. The van der Waals surface area contributed by atoms with Crippen LogP contribution in [0.3, 0.4) is 0 Å². The van der Waals surface area contributed by atoms with E-state index in [0.717, 1.165) is 61.8 Å². The van der Waals surface area contributed by atoms with Crippen molar-refractivity contribution in [3.8, 4) is 0 Å². The van der Waals surface area contributed by atoms with E-state index in [4.69, 9.17) is 10.7 Å². The van der Waals surface area contributed by atoms with Gasteiger partial charge in [-0.15, -0.1) is 0 Å². The maximum absolute atomic E-state index is 5.54. The number of fused-ring (bicyclic) bond motifs is 1. The van der Waals surface area contributed by atoms with Crippen molar-refractivity contribution in [2.24, 2.45) is 4.99 Å². The summed E-state index contributed by atoms with van der Waals surface area (Å²) >= 11 is 0. The molecule has 7 nitrogen and oxygen atoms in total. The molecule has 0 amide bonds. The molecular formula is C17H21N7. The number of anilines is 1. The second-order valence-electron chi connectivity index (χ2n) is 6.36. The minimum atomic E-state index is 0.314. The summed E-state index contributed by atoms with van der Waals surface area (Å²) in [6.45, 7) is 3.55. The minimum Gasteiger partial charge on any atom is -0.368 e. The fraction of sp³-hybridized carbons (Fsp3) is 0.471. The first-order chi connectivity index (χ1) is 11.8. The molecule has 7 heteroatoms. The number of nitrogen functional groups attached to an aromatic ring is 1. The van der Waals surface area contributed by atoms with Gasteiger partial charge in [-0.2, -0.15) is 0 Å². The van der Waals surface area contributed by atoms with Crippen molar-refractivity contribution >= 4 is 11.7 Å². The van der Waals surface area contributed by atoms with Crippen LogP contribution in [0.5, 0.6) is 0 Å². The highest BCUT2D eigenvalue weighted by Gasteiger charge is 2.20. The lowest BCUT2D eigenvalue weighted by Crippen LogP contribution is -2.31. The molecule has 2 aromatic rings. The Balaban J connectivity index is 1.47. The fourth-order valence-corrected chi connectivity index (χ4v) is 3.23. The van der Waals surface area contributed by atoms with Gasteiger partial charge in [0.2, 0.25) is 5.95 Å². The zero-order chi connectivity index (χ0) is 16.4. The van der Waals surface area contributed by atoms with Crippen LogP contribution in [0.15, 0.2) is 23.6 Å². The summed E-state index contributed by atoms with van der Waals surface area (Å²) in [4.78, 5) is 24.4. The Morgan fingerprint density at radius 1 is 1.04 bits per heavy atom. The van der Waals surface area contributed by atoms with Gasteiger partial charge in [0.05, 0.1) is 11.4 Å². The van der Waals surface area contributed by atoms with E-state index in [-0.39, 0.29) is 0 Å². The molecule has 2 N–H and O–H groups in total. The fourth-order valence-electron chi connectivity index (χ4n) is 3.23. The Labute approximate surface area is 141 Å². The van der Waals surface area contributed by atoms with Crippen LogP contribution in [-0.4, -0.2) is 43.6 Å². The lowest BCUT2D eigenvalue weighted by molar-refractivity contribution is 0.242. The smallest absolute Gasteiger partial charge is 0.219 e. The molecule has 2 aliphatic heterocycles. The third-order valence-corrected chi connectivity index (χ3v) is 4.53. The van der Waals surface area contributed by atoms with Crippen molar-refractivity contribution < 1.29 is 0 Å². The third-order valence-electron chi connectivity index (χ3n) is 4.53. The maximum atomic E-state index is 5.54. The molecule has 0 saturated heterocycles. The van der Waals surface area contributed by atoms with E-state index < -0.39 is 0 Å². The van der Waals surface area contributed by atoms with Crippen LogP contribution in [-0.2, 0) is 19.5 Å². The predicted molar refractivity (Wildman–Crippen MR) is 91.5 cm³/mol. The van der Waals surface area contributed by atoms with E-state index in [2.05, 4.69) is 24.8 Å². The summed E-state index contributed by atoms with van der Waals surface area (Å²) in [7, 11) is 0. The molecule has 4 heterocycles. The number of hydrogen-bond donors (Lipinski definition) is 1. The lowest BCUT2D eigenvalue weighted by atomic mass is 10.1. The standard InChI is InChI=1S/C17H21N7/c18-17-21-7-12(8-22-17)10-24-6-4-14-13(11-24)9-20-16(23-14)15-3-1-2-5-19-15/h7-9H,1-6,10-11H2,(H2,18,21,22). The van der Waals surface area contributed by atoms with Crippen LogP contribution in [0.2, 0.25) is 0 Å². The van der Waals surface area contributed by atoms with Crippen LogP contribution in [0.25, 0.3) is 0 Å². The lowest BCUT2D eigenvalue weighted by Gasteiger charge is -2.28. The Morgan fingerprint density at radius 2 is 1.92 bits per heavy atom. The second kappa shape index (κ2) is 6.60. The zero-order valence-electron chi connectivity index (χ0n) is 13.6. The highest BCUT2D eigenvalue weighted by molar-refractivity contribution is 5.97. The van der Waals surface area contributed by atoms with Gasteiger partial charge in [-0.3, -0.25) is 9.89 Å². The van der Waals surface area contributed by atoms with E-state index in [1.165, 1.54) is 18.4 Å². The van der Waals surface area contributed by atoms with Crippen molar-refractivity contribution in [2.75, 3.05) is 18.8 Å². The van der Waals surface area contributed by atoms with Crippen molar-refractivity contribution in [2.45, 2.75) is 38.8 Å². The molecule has 24 heavy (non-hydrogen) atoms. The molecule has 0 unspecified atom stereocenters. The summed E-state index contributed by atoms with van der Waals surface area (Å²) in [6.07, 6.45) is 9.86. The topological polar surface area (TPSA) is 93.2 Å². The van der Waals surface area contributed by atoms with Gasteiger partial charge in [0.1, 0.15) is 0 Å². The molecule has 4 rings (SSSR count). The van der Waals surface area contributed by atoms with Crippen LogP contribution in [0.1, 0.15) is 41.9 Å². The first kappa shape index (κ1) is 15.1. The van der Waals surface area contributed by atoms with Crippen LogP contribution >= 0.6 is 0 Å². The Hall–Kier alpha value is -2.41. The minimum absolute atomic E-state index is 0.314. The van der Waals surface area contributed by atoms with E-state index in [1.807, 2.05) is 6.20 Å². The molecule has 124 valence electrons. The quantitative estimate of drug-likeness (QED) is 0.917. The van der Waals surface area contributed by atoms with Crippen LogP contribution in [0.4, 0.5) is 5.95 Å². The van der Waals surface area contributed by atoms with E-state index >= 15 is 0 Å². The van der Waals surface area contributed by atoms with Gasteiger partial charge in [0.15, 0.2) is 5.82 Å². The zero-order valence-corrected chi connectivity index (χ0v) is 13.6. The molecule has 0 fully saturated rings. The molecule has 2 aromatic heterocycles. The Morgan fingerprint density at radius 3 is 2.71 bits per heavy atom. The SMILES string of the molecule is Nc1ncc(CN2CCc3nc(C4=NCCCC4)ncc3C2)cn1. The average Bonchev–Trinajstić information content (AvgIpc) is 2.64. The van der Waals surface area contributed by atoms with Gasteiger partial charge in [-0.25, -0.2) is 19.9 Å². The van der Waals surface area contributed by atoms with Gasteiger partial charge in [-0.05, 0) is 19.3 Å². The molecule has 0 atom stereocenters. The van der Waals surface area contributed by atoms with Crippen molar-refractivity contribution in [1.29, 1.82) is 0 Å². The molecule has 0 saturated carbocycles. The maximum Gasteiger partial charge on any atom is 0.219 e. The molecule has 0 radical (unpaired) electrons. The molecule has 2 aliphatic rings. The highest BCUT2D eigenvalue weighted by Crippen LogP contribution is 2.19. The largest absolute Gasteiger partial charge is 0.368 e. The molecule has 0 spiro atoms. The number of aliphatic imine (C=N–C) groups is 1. The first-order valence-corrected chi connectivity index (χ1v) is 8.45. The van der Waals surface area contributed by atoms with Crippen LogP contribution in [0, 0.1) is 0 Å². The van der Waals surface area contributed by atoms with Crippen molar-refractivity contribution in [3.63, 3.8) is 0 Å². The van der Waals surface area contributed by atoms with Gasteiger partial charge in [0.25, 0.3) is 0 Å². The van der Waals surface area contributed by atoms with Gasteiger partial charge in [0, 0.05) is 62.3 Å². The van der Waals surface area contributed by atoms with Gasteiger partial charge < -0.3 is 5.73 Å². The van der Waals surface area contributed by atoms with E-state index in [0.29, 0.717) is 5.95 Å². The molecule has 0 bridgehead atoms. The highest BCUT2D eigenvalue weighted by atomic mass is 15.1. The number of nitrogens with zero attached hydrogens (tertiary/aromatic N) is 6. The monoisotopic (exact) mass is 323 g/mol. The Bertz CT molecular complexity index is 754. The predicted octanol–water partition coefficient (Wildman–Crippen LogP) is 1.38. The molecule has 0 aliphatic carbocycles. The summed E-state index contributed by atoms with van der Waals surface area (Å²) < 4.78 is 0. The van der Waals surface area contributed by atoms with Crippen LogP contribution < -0.4 is 5.73 Å². The van der Waals surface area contributed by atoms with Crippen molar-refractivity contribution in [3.05, 3.63) is 41.2 Å². The summed E-state index contributed by atoms with van der Waals surface area (Å²) in [5.41, 5.74) is 10.1. The summed E-state index contributed by atoms with van der Waals surface area (Å²) in [5.74, 6) is 1.14. The third kappa shape index (κ3) is 3.26. The number of hydrogen-bond acceptors (Lipinski definition) is 7. The molecule has 0 aromatic carbocycles. The molecular weight excluding hydrogens is 302 g/mol. The first-order valence-electron chi connectivity index (χ1n) is 8.45. The summed E-state index contributed by atoms with van der Waals surface area (Å²) in [5, 5.41) is 0. The number of rotatable bonds is 3. The van der Waals surface area contributed by atoms with E-state index in [9.17, 15) is 0 Å². The van der Waals surface area contributed by atoms with E-state index in [1.54, 1.807) is 12.4 Å².